The SMILES string of the molecule is C[C@H](N)Cc1ccc(OC(F)F)cc1. The van der Waals surface area contributed by atoms with Crippen molar-refractivity contribution in [3.05, 3.63) is 29.8 Å². The Morgan fingerprint density at radius 3 is 2.29 bits per heavy atom. The molecule has 1 atom stereocenters. The molecule has 0 unspecified atom stereocenters. The van der Waals surface area contributed by atoms with Crippen molar-refractivity contribution in [2.24, 2.45) is 5.73 Å². The van der Waals surface area contributed by atoms with Crippen molar-refractivity contribution in [2.75, 3.05) is 0 Å². The molecule has 0 spiro atoms. The van der Waals surface area contributed by atoms with E-state index < -0.39 is 6.61 Å². The lowest BCUT2D eigenvalue weighted by Crippen LogP contribution is -2.17. The highest BCUT2D eigenvalue weighted by Gasteiger charge is 2.04. The lowest BCUT2D eigenvalue weighted by Gasteiger charge is -2.07. The van der Waals surface area contributed by atoms with Crippen LogP contribution < -0.4 is 10.5 Å². The molecule has 0 aliphatic rings. The lowest BCUT2D eigenvalue weighted by atomic mass is 10.1. The van der Waals surface area contributed by atoms with Crippen molar-refractivity contribution in [2.45, 2.75) is 26.0 Å². The summed E-state index contributed by atoms with van der Waals surface area (Å²) in [6.07, 6.45) is 0.731. The van der Waals surface area contributed by atoms with Crippen molar-refractivity contribution in [1.29, 1.82) is 0 Å². The van der Waals surface area contributed by atoms with Crippen LogP contribution in [0, 0.1) is 0 Å². The normalized spacial score (nSPS) is 12.9. The molecule has 0 radical (unpaired) electrons. The van der Waals surface area contributed by atoms with Gasteiger partial charge in [-0.15, -0.1) is 0 Å². The van der Waals surface area contributed by atoms with E-state index in [0.29, 0.717) is 0 Å². The second-order valence-corrected chi connectivity index (χ2v) is 3.20. The van der Waals surface area contributed by atoms with Gasteiger partial charge in [-0.1, -0.05) is 12.1 Å². The smallest absolute Gasteiger partial charge is 0.387 e. The Kier molecular flexibility index (Phi) is 3.83. The highest BCUT2D eigenvalue weighted by molar-refractivity contribution is 5.27. The fourth-order valence-corrected chi connectivity index (χ4v) is 1.18. The lowest BCUT2D eigenvalue weighted by molar-refractivity contribution is -0.0498. The third-order valence-electron chi connectivity index (χ3n) is 1.71. The molecule has 0 amide bonds. The molecule has 0 saturated carbocycles. The standard InChI is InChI=1S/C10H13F2NO/c1-7(13)6-8-2-4-9(5-3-8)14-10(11)12/h2-5,7,10H,6,13H2,1H3/t7-/m0/s1. The van der Waals surface area contributed by atoms with Crippen molar-refractivity contribution in [3.63, 3.8) is 0 Å². The summed E-state index contributed by atoms with van der Waals surface area (Å²) >= 11 is 0. The molecule has 0 fully saturated rings. The van der Waals surface area contributed by atoms with Gasteiger partial charge in [0.25, 0.3) is 0 Å². The van der Waals surface area contributed by atoms with E-state index in [9.17, 15) is 8.78 Å². The van der Waals surface area contributed by atoms with Crippen LogP contribution >= 0.6 is 0 Å². The van der Waals surface area contributed by atoms with Crippen molar-refractivity contribution in [3.8, 4) is 5.75 Å². The van der Waals surface area contributed by atoms with Crippen LogP contribution in [0.5, 0.6) is 5.75 Å². The fraction of sp³-hybridized carbons (Fsp3) is 0.400. The summed E-state index contributed by atoms with van der Waals surface area (Å²) < 4.78 is 27.8. The number of hydrogen-bond acceptors (Lipinski definition) is 2. The quantitative estimate of drug-likeness (QED) is 0.810. The minimum Gasteiger partial charge on any atom is -0.435 e. The summed E-state index contributed by atoms with van der Waals surface area (Å²) in [5.74, 6) is 0.174. The van der Waals surface area contributed by atoms with Gasteiger partial charge in [0.1, 0.15) is 5.75 Å². The molecule has 1 rings (SSSR count). The molecule has 0 bridgehead atoms. The summed E-state index contributed by atoms with van der Waals surface area (Å²) in [6.45, 7) is -0.877. The van der Waals surface area contributed by atoms with Gasteiger partial charge in [-0.05, 0) is 31.0 Å². The Labute approximate surface area is 81.7 Å². The first-order chi connectivity index (χ1) is 6.58. The van der Waals surface area contributed by atoms with E-state index in [1.165, 1.54) is 12.1 Å². The van der Waals surface area contributed by atoms with Crippen LogP contribution in [0.4, 0.5) is 8.78 Å². The van der Waals surface area contributed by atoms with E-state index in [2.05, 4.69) is 4.74 Å². The number of ether oxygens (including phenoxy) is 1. The maximum Gasteiger partial charge on any atom is 0.387 e. The van der Waals surface area contributed by atoms with Gasteiger partial charge in [0.2, 0.25) is 0 Å². The molecule has 0 aromatic heterocycles. The summed E-state index contributed by atoms with van der Waals surface area (Å²) in [7, 11) is 0. The average molecular weight is 201 g/mol. The summed E-state index contributed by atoms with van der Waals surface area (Å²) in [4.78, 5) is 0. The molecule has 1 aromatic carbocycles. The van der Waals surface area contributed by atoms with E-state index >= 15 is 0 Å². The third kappa shape index (κ3) is 3.70. The van der Waals surface area contributed by atoms with Crippen LogP contribution in [-0.4, -0.2) is 12.7 Å². The van der Waals surface area contributed by atoms with Crippen LogP contribution in [0.1, 0.15) is 12.5 Å². The zero-order valence-electron chi connectivity index (χ0n) is 7.91. The number of alkyl halides is 2. The monoisotopic (exact) mass is 201 g/mol. The summed E-state index contributed by atoms with van der Waals surface area (Å²) in [5, 5.41) is 0. The van der Waals surface area contributed by atoms with E-state index in [1.54, 1.807) is 12.1 Å². The highest BCUT2D eigenvalue weighted by atomic mass is 19.3. The van der Waals surface area contributed by atoms with Gasteiger partial charge in [0, 0.05) is 6.04 Å². The number of halogens is 2. The molecular formula is C10H13F2NO. The number of hydrogen-bond donors (Lipinski definition) is 1. The summed E-state index contributed by atoms with van der Waals surface area (Å²) in [6, 6.07) is 6.58. The van der Waals surface area contributed by atoms with Gasteiger partial charge in [-0.3, -0.25) is 0 Å². The number of nitrogens with two attached hydrogens (primary N) is 1. The zero-order chi connectivity index (χ0) is 10.6. The van der Waals surface area contributed by atoms with Gasteiger partial charge in [-0.2, -0.15) is 8.78 Å². The largest absolute Gasteiger partial charge is 0.435 e. The van der Waals surface area contributed by atoms with Gasteiger partial charge in [-0.25, -0.2) is 0 Å². The van der Waals surface area contributed by atoms with E-state index in [0.717, 1.165) is 12.0 Å². The van der Waals surface area contributed by atoms with E-state index in [4.69, 9.17) is 5.73 Å². The average Bonchev–Trinajstić information content (AvgIpc) is 2.06. The zero-order valence-corrected chi connectivity index (χ0v) is 7.91. The Morgan fingerprint density at radius 2 is 1.86 bits per heavy atom. The van der Waals surface area contributed by atoms with Gasteiger partial charge in [0.15, 0.2) is 0 Å². The third-order valence-corrected chi connectivity index (χ3v) is 1.71. The van der Waals surface area contributed by atoms with Crippen LogP contribution in [0.3, 0.4) is 0 Å². The van der Waals surface area contributed by atoms with Crippen molar-refractivity contribution >= 4 is 0 Å². The molecule has 0 heterocycles. The topological polar surface area (TPSA) is 35.2 Å². The Hall–Kier alpha value is -1.16. The molecule has 14 heavy (non-hydrogen) atoms. The van der Waals surface area contributed by atoms with E-state index in [-0.39, 0.29) is 11.8 Å². The summed E-state index contributed by atoms with van der Waals surface area (Å²) in [5.41, 5.74) is 6.61. The second-order valence-electron chi connectivity index (χ2n) is 3.20. The van der Waals surface area contributed by atoms with Crippen molar-refractivity contribution < 1.29 is 13.5 Å². The predicted octanol–water partition coefficient (Wildman–Crippen LogP) is 2.18. The molecule has 0 aliphatic carbocycles. The van der Waals surface area contributed by atoms with E-state index in [1.807, 2.05) is 6.92 Å². The minimum atomic E-state index is -2.77. The van der Waals surface area contributed by atoms with Gasteiger partial charge >= 0.3 is 6.61 Å². The predicted molar refractivity (Wildman–Crippen MR) is 50.4 cm³/mol. The van der Waals surface area contributed by atoms with Crippen LogP contribution in [-0.2, 0) is 6.42 Å². The molecule has 78 valence electrons. The highest BCUT2D eigenvalue weighted by Crippen LogP contribution is 2.15. The van der Waals surface area contributed by atoms with Crippen LogP contribution in [0.15, 0.2) is 24.3 Å². The minimum absolute atomic E-state index is 0.0665. The fourth-order valence-electron chi connectivity index (χ4n) is 1.18. The Bertz CT molecular complexity index is 243. The Balaban J connectivity index is 2.59. The molecular weight excluding hydrogens is 188 g/mol. The number of rotatable bonds is 4. The maximum absolute atomic E-state index is 11.8. The van der Waals surface area contributed by atoms with Crippen molar-refractivity contribution in [1.82, 2.24) is 0 Å². The second kappa shape index (κ2) is 4.91. The molecule has 2 nitrogen and oxygen atoms in total. The first-order valence-electron chi connectivity index (χ1n) is 4.37. The molecule has 0 saturated heterocycles. The van der Waals surface area contributed by atoms with Crippen LogP contribution in [0.2, 0.25) is 0 Å². The van der Waals surface area contributed by atoms with Crippen LogP contribution in [0.25, 0.3) is 0 Å². The molecule has 0 aliphatic heterocycles. The molecule has 4 heteroatoms. The van der Waals surface area contributed by atoms with Gasteiger partial charge in [0.05, 0.1) is 0 Å². The first kappa shape index (κ1) is 10.9. The number of benzene rings is 1. The maximum atomic E-state index is 11.8. The molecule has 2 N–H and O–H groups in total. The molecule has 1 aromatic rings. The van der Waals surface area contributed by atoms with Gasteiger partial charge < -0.3 is 10.5 Å². The Morgan fingerprint density at radius 1 is 1.29 bits per heavy atom. The first-order valence-corrected chi connectivity index (χ1v) is 4.37.